The normalized spacial score (nSPS) is 10.6. The van der Waals surface area contributed by atoms with Gasteiger partial charge in [0.25, 0.3) is 0 Å². The summed E-state index contributed by atoms with van der Waals surface area (Å²) in [6.07, 6.45) is 2.65. The van der Waals surface area contributed by atoms with Gasteiger partial charge in [-0.1, -0.05) is 6.07 Å². The molecule has 7 nitrogen and oxygen atoms in total. The third kappa shape index (κ3) is 3.72. The summed E-state index contributed by atoms with van der Waals surface area (Å²) >= 11 is 0. The lowest BCUT2D eigenvalue weighted by molar-refractivity contribution is -0.116. The maximum Gasteiger partial charge on any atom is 0.224 e. The number of ether oxygens (including phenoxy) is 3. The van der Waals surface area contributed by atoms with E-state index in [1.165, 1.54) is 21.3 Å². The minimum absolute atomic E-state index is 0.0935. The predicted molar refractivity (Wildman–Crippen MR) is 99.1 cm³/mol. The fourth-order valence-electron chi connectivity index (χ4n) is 2.77. The highest BCUT2D eigenvalue weighted by Gasteiger charge is 2.14. The molecule has 0 fully saturated rings. The number of benzene rings is 2. The fourth-order valence-corrected chi connectivity index (χ4v) is 2.77. The van der Waals surface area contributed by atoms with Gasteiger partial charge in [0.05, 0.1) is 38.7 Å². The third-order valence-electron chi connectivity index (χ3n) is 4.07. The van der Waals surface area contributed by atoms with E-state index in [4.69, 9.17) is 14.2 Å². The Kier molecular flexibility index (Phi) is 5.26. The largest absolute Gasteiger partial charge is 0.493 e. The highest BCUT2D eigenvalue weighted by Crippen LogP contribution is 2.39. The molecule has 0 atom stereocenters. The van der Waals surface area contributed by atoms with Crippen LogP contribution in [0.2, 0.25) is 0 Å². The Bertz CT molecular complexity index is 895. The number of nitrogens with one attached hydrogen (secondary N) is 2. The number of anilines is 1. The van der Waals surface area contributed by atoms with Crippen LogP contribution in [0.25, 0.3) is 11.0 Å². The molecule has 0 aliphatic heterocycles. The summed E-state index contributed by atoms with van der Waals surface area (Å²) in [5, 5.41) is 2.87. The molecular weight excluding hydrogens is 334 g/mol. The SMILES string of the molecule is COc1cc(NC(=O)CCc2ccc3nc[nH]c3c2)cc(OC)c1OC. The Morgan fingerprint density at radius 1 is 1.08 bits per heavy atom. The maximum absolute atomic E-state index is 12.3. The zero-order valence-electron chi connectivity index (χ0n) is 15.0. The molecule has 2 aromatic carbocycles. The molecule has 0 radical (unpaired) electrons. The monoisotopic (exact) mass is 355 g/mol. The molecule has 0 aliphatic rings. The molecule has 1 amide bonds. The second kappa shape index (κ2) is 7.77. The van der Waals surface area contributed by atoms with Crippen LogP contribution < -0.4 is 19.5 Å². The predicted octanol–water partition coefficient (Wildman–Crippen LogP) is 3.16. The van der Waals surface area contributed by atoms with Crippen LogP contribution in [0.5, 0.6) is 17.2 Å². The molecule has 7 heteroatoms. The molecule has 0 spiro atoms. The summed E-state index contributed by atoms with van der Waals surface area (Å²) in [4.78, 5) is 19.6. The Hall–Kier alpha value is -3.22. The van der Waals surface area contributed by atoms with E-state index in [2.05, 4.69) is 15.3 Å². The Balaban J connectivity index is 1.67. The maximum atomic E-state index is 12.3. The van der Waals surface area contributed by atoms with E-state index >= 15 is 0 Å². The van der Waals surface area contributed by atoms with Crippen LogP contribution in [0, 0.1) is 0 Å². The van der Waals surface area contributed by atoms with Crippen molar-refractivity contribution < 1.29 is 19.0 Å². The first kappa shape index (κ1) is 17.6. The highest BCUT2D eigenvalue weighted by atomic mass is 16.5. The van der Waals surface area contributed by atoms with E-state index in [0.29, 0.717) is 35.8 Å². The molecule has 3 rings (SSSR count). The summed E-state index contributed by atoms with van der Waals surface area (Å²) in [5.41, 5.74) is 3.54. The van der Waals surface area contributed by atoms with Crippen molar-refractivity contribution in [3.8, 4) is 17.2 Å². The summed E-state index contributed by atoms with van der Waals surface area (Å²) in [6.45, 7) is 0. The van der Waals surface area contributed by atoms with Gasteiger partial charge in [-0.25, -0.2) is 4.98 Å². The Morgan fingerprint density at radius 2 is 1.81 bits per heavy atom. The van der Waals surface area contributed by atoms with Gasteiger partial charge in [-0.2, -0.15) is 0 Å². The molecule has 0 unspecified atom stereocenters. The quantitative estimate of drug-likeness (QED) is 0.680. The number of aryl methyl sites for hydroxylation is 1. The van der Waals surface area contributed by atoms with Crippen LogP contribution >= 0.6 is 0 Å². The van der Waals surface area contributed by atoms with Gasteiger partial charge in [-0.3, -0.25) is 4.79 Å². The molecule has 1 aromatic heterocycles. The van der Waals surface area contributed by atoms with Gasteiger partial charge in [0.2, 0.25) is 11.7 Å². The van der Waals surface area contributed by atoms with Crippen LogP contribution in [0.3, 0.4) is 0 Å². The number of rotatable bonds is 7. The van der Waals surface area contributed by atoms with E-state index in [0.717, 1.165) is 16.6 Å². The van der Waals surface area contributed by atoms with Crippen LogP contribution in [0.4, 0.5) is 5.69 Å². The van der Waals surface area contributed by atoms with Crippen molar-refractivity contribution in [2.45, 2.75) is 12.8 Å². The van der Waals surface area contributed by atoms with E-state index in [1.807, 2.05) is 18.2 Å². The Morgan fingerprint density at radius 3 is 2.46 bits per heavy atom. The lowest BCUT2D eigenvalue weighted by Crippen LogP contribution is -2.12. The van der Waals surface area contributed by atoms with Crippen LogP contribution in [-0.2, 0) is 11.2 Å². The van der Waals surface area contributed by atoms with Crippen molar-refractivity contribution in [2.24, 2.45) is 0 Å². The van der Waals surface area contributed by atoms with Crippen molar-refractivity contribution in [1.29, 1.82) is 0 Å². The van der Waals surface area contributed by atoms with Crippen LogP contribution in [0.1, 0.15) is 12.0 Å². The van der Waals surface area contributed by atoms with Crippen molar-refractivity contribution in [2.75, 3.05) is 26.6 Å². The molecule has 136 valence electrons. The number of carbonyl (C=O) groups is 1. The van der Waals surface area contributed by atoms with Crippen LogP contribution in [-0.4, -0.2) is 37.2 Å². The first-order chi connectivity index (χ1) is 12.6. The number of hydrogen-bond acceptors (Lipinski definition) is 5. The first-order valence-corrected chi connectivity index (χ1v) is 8.16. The molecule has 1 heterocycles. The zero-order chi connectivity index (χ0) is 18.5. The lowest BCUT2D eigenvalue weighted by atomic mass is 10.1. The molecular formula is C19H21N3O4. The van der Waals surface area contributed by atoms with Gasteiger partial charge in [0, 0.05) is 24.2 Å². The minimum Gasteiger partial charge on any atom is -0.493 e. The summed E-state index contributed by atoms with van der Waals surface area (Å²) in [5.74, 6) is 1.38. The van der Waals surface area contributed by atoms with E-state index in [9.17, 15) is 4.79 Å². The number of hydrogen-bond donors (Lipinski definition) is 2. The number of amides is 1. The number of H-pyrrole nitrogens is 1. The van der Waals surface area contributed by atoms with Gasteiger partial charge in [0.15, 0.2) is 11.5 Å². The van der Waals surface area contributed by atoms with Crippen molar-refractivity contribution in [3.63, 3.8) is 0 Å². The van der Waals surface area contributed by atoms with E-state index in [-0.39, 0.29) is 5.91 Å². The number of methoxy groups -OCH3 is 3. The van der Waals surface area contributed by atoms with Gasteiger partial charge in [-0.15, -0.1) is 0 Å². The fraction of sp³-hybridized carbons (Fsp3) is 0.263. The summed E-state index contributed by atoms with van der Waals surface area (Å²) < 4.78 is 15.9. The second-order valence-corrected chi connectivity index (χ2v) is 5.72. The molecule has 0 saturated heterocycles. The van der Waals surface area contributed by atoms with Crippen molar-refractivity contribution in [3.05, 3.63) is 42.2 Å². The molecule has 0 bridgehead atoms. The van der Waals surface area contributed by atoms with Crippen LogP contribution in [0.15, 0.2) is 36.7 Å². The Labute approximate surface area is 151 Å². The second-order valence-electron chi connectivity index (χ2n) is 5.72. The average molecular weight is 355 g/mol. The number of carbonyl (C=O) groups excluding carboxylic acids is 1. The summed E-state index contributed by atoms with van der Waals surface area (Å²) in [6, 6.07) is 9.34. The van der Waals surface area contributed by atoms with Gasteiger partial charge < -0.3 is 24.5 Å². The lowest BCUT2D eigenvalue weighted by Gasteiger charge is -2.14. The van der Waals surface area contributed by atoms with Gasteiger partial charge in [-0.05, 0) is 24.1 Å². The van der Waals surface area contributed by atoms with Crippen molar-refractivity contribution >= 4 is 22.6 Å². The summed E-state index contributed by atoms with van der Waals surface area (Å²) in [7, 11) is 4.61. The van der Waals surface area contributed by atoms with E-state index in [1.54, 1.807) is 18.5 Å². The standard InChI is InChI=1S/C19H21N3O4/c1-24-16-9-13(10-17(25-2)19(16)26-3)22-18(23)7-5-12-4-6-14-15(8-12)21-11-20-14/h4,6,8-11H,5,7H2,1-3H3,(H,20,21)(H,22,23). The molecule has 0 aliphatic carbocycles. The average Bonchev–Trinajstić information content (AvgIpc) is 3.13. The number of aromatic nitrogens is 2. The molecule has 2 N–H and O–H groups in total. The highest BCUT2D eigenvalue weighted by molar-refractivity contribution is 5.91. The first-order valence-electron chi connectivity index (χ1n) is 8.16. The molecule has 3 aromatic rings. The van der Waals surface area contributed by atoms with Gasteiger partial charge in [0.1, 0.15) is 0 Å². The number of fused-ring (bicyclic) bond motifs is 1. The molecule has 26 heavy (non-hydrogen) atoms. The third-order valence-corrected chi connectivity index (χ3v) is 4.07. The number of imidazole rings is 1. The molecule has 0 saturated carbocycles. The van der Waals surface area contributed by atoms with Gasteiger partial charge >= 0.3 is 0 Å². The smallest absolute Gasteiger partial charge is 0.224 e. The minimum atomic E-state index is -0.0935. The van der Waals surface area contributed by atoms with Crippen molar-refractivity contribution in [1.82, 2.24) is 9.97 Å². The number of nitrogens with zero attached hydrogens (tertiary/aromatic N) is 1. The number of aromatic amines is 1. The van der Waals surface area contributed by atoms with E-state index < -0.39 is 0 Å². The topological polar surface area (TPSA) is 85.5 Å². The zero-order valence-corrected chi connectivity index (χ0v) is 15.0.